The Bertz CT molecular complexity index is 2060. The molecule has 0 radical (unpaired) electrons. The molecule has 0 spiro atoms. The number of nitrogens with one attached hydrogen (secondary N) is 2. The lowest BCUT2D eigenvalue weighted by atomic mass is 9.83. The number of likely N-dealkylation sites (tertiary alicyclic amines) is 1. The molecule has 5 heterocycles. The molecule has 0 saturated carbocycles. The third-order valence-electron chi connectivity index (χ3n) is 9.74. The SMILES string of the molecule is CCC1(C(=O)Nc2ccc3[nH]nc(-c4ccnc(C(F)(F)F)c4)c3c2)CCN(CC(=O)N2CC=C(c3ccc(-c4ncccn4)cc3)CC2)C1. The van der Waals surface area contributed by atoms with Gasteiger partial charge in [0.1, 0.15) is 11.4 Å². The molecule has 1 unspecified atom stereocenters. The molecule has 2 aliphatic rings. The highest BCUT2D eigenvalue weighted by Crippen LogP contribution is 2.37. The number of alkyl halides is 3. The first-order chi connectivity index (χ1) is 24.1. The average molecular weight is 681 g/mol. The van der Waals surface area contributed by atoms with Crippen molar-refractivity contribution in [2.75, 3.05) is 38.0 Å². The van der Waals surface area contributed by atoms with Crippen LogP contribution in [0.5, 0.6) is 0 Å². The fraction of sp³-hybridized carbons (Fsp3) is 0.297. The summed E-state index contributed by atoms with van der Waals surface area (Å²) in [4.78, 5) is 43.1. The minimum atomic E-state index is -4.59. The van der Waals surface area contributed by atoms with Gasteiger partial charge < -0.3 is 10.2 Å². The van der Waals surface area contributed by atoms with E-state index < -0.39 is 17.3 Å². The van der Waals surface area contributed by atoms with E-state index in [4.69, 9.17) is 0 Å². The van der Waals surface area contributed by atoms with Crippen molar-refractivity contribution in [1.29, 1.82) is 0 Å². The minimum absolute atomic E-state index is 0.0342. The van der Waals surface area contributed by atoms with E-state index in [1.54, 1.807) is 36.7 Å². The molecule has 2 aliphatic heterocycles. The summed E-state index contributed by atoms with van der Waals surface area (Å²) in [6.45, 7) is 4.43. The molecule has 2 aromatic carbocycles. The van der Waals surface area contributed by atoms with Gasteiger partial charge in [-0.25, -0.2) is 9.97 Å². The number of H-pyrrole nitrogens is 1. The number of aromatic amines is 1. The molecular weight excluding hydrogens is 645 g/mol. The quantitative estimate of drug-likeness (QED) is 0.193. The molecule has 1 saturated heterocycles. The van der Waals surface area contributed by atoms with E-state index in [-0.39, 0.29) is 23.9 Å². The van der Waals surface area contributed by atoms with E-state index in [2.05, 4.69) is 48.7 Å². The summed E-state index contributed by atoms with van der Waals surface area (Å²) >= 11 is 0. The maximum atomic E-state index is 13.8. The van der Waals surface area contributed by atoms with Gasteiger partial charge in [0.2, 0.25) is 11.8 Å². The molecule has 0 aliphatic carbocycles. The van der Waals surface area contributed by atoms with Crippen molar-refractivity contribution in [2.24, 2.45) is 5.41 Å². The summed E-state index contributed by atoms with van der Waals surface area (Å²) in [6.07, 6.45) is 4.01. The lowest BCUT2D eigenvalue weighted by Gasteiger charge is -2.30. The summed E-state index contributed by atoms with van der Waals surface area (Å²) < 4.78 is 39.9. The Kier molecular flexibility index (Phi) is 8.91. The van der Waals surface area contributed by atoms with Gasteiger partial charge in [-0.2, -0.15) is 18.3 Å². The van der Waals surface area contributed by atoms with Gasteiger partial charge in [-0.3, -0.25) is 24.6 Å². The highest BCUT2D eigenvalue weighted by atomic mass is 19.4. The van der Waals surface area contributed by atoms with Crippen molar-refractivity contribution in [1.82, 2.24) is 34.9 Å². The van der Waals surface area contributed by atoms with Crippen molar-refractivity contribution in [3.05, 3.63) is 96.6 Å². The second-order valence-electron chi connectivity index (χ2n) is 12.8. The number of anilines is 1. The van der Waals surface area contributed by atoms with E-state index in [1.165, 1.54) is 11.6 Å². The van der Waals surface area contributed by atoms with Crippen LogP contribution in [-0.2, 0) is 15.8 Å². The van der Waals surface area contributed by atoms with Gasteiger partial charge in [0, 0.05) is 60.4 Å². The fourth-order valence-corrected chi connectivity index (χ4v) is 6.77. The molecule has 256 valence electrons. The molecule has 7 rings (SSSR count). The van der Waals surface area contributed by atoms with Crippen molar-refractivity contribution in [3.63, 3.8) is 0 Å². The summed E-state index contributed by atoms with van der Waals surface area (Å²) in [7, 11) is 0. The van der Waals surface area contributed by atoms with Crippen LogP contribution in [0, 0.1) is 5.41 Å². The van der Waals surface area contributed by atoms with Gasteiger partial charge >= 0.3 is 6.18 Å². The third-order valence-corrected chi connectivity index (χ3v) is 9.74. The molecular formula is C37H35F3N8O2. The first kappa shape index (κ1) is 33.1. The number of nitrogens with zero attached hydrogens (tertiary/aromatic N) is 6. The lowest BCUT2D eigenvalue weighted by molar-refractivity contribution is -0.141. The van der Waals surface area contributed by atoms with Gasteiger partial charge in [-0.1, -0.05) is 37.3 Å². The van der Waals surface area contributed by atoms with E-state index >= 15 is 0 Å². The van der Waals surface area contributed by atoms with Crippen molar-refractivity contribution in [3.8, 4) is 22.6 Å². The van der Waals surface area contributed by atoms with Gasteiger partial charge in [-0.15, -0.1) is 0 Å². The highest BCUT2D eigenvalue weighted by Gasteiger charge is 2.43. The van der Waals surface area contributed by atoms with Crippen LogP contribution in [-0.4, -0.2) is 79.5 Å². The molecule has 1 fully saturated rings. The maximum Gasteiger partial charge on any atom is 0.433 e. The molecule has 5 aromatic rings. The van der Waals surface area contributed by atoms with Crippen LogP contribution < -0.4 is 5.32 Å². The number of hydrogen-bond acceptors (Lipinski definition) is 7. The number of fused-ring (bicyclic) bond motifs is 1. The third kappa shape index (κ3) is 6.73. The van der Waals surface area contributed by atoms with Crippen LogP contribution >= 0.6 is 0 Å². The monoisotopic (exact) mass is 680 g/mol. The first-order valence-corrected chi connectivity index (χ1v) is 16.5. The summed E-state index contributed by atoms with van der Waals surface area (Å²) in [6, 6.07) is 17.6. The average Bonchev–Trinajstić information content (AvgIpc) is 3.76. The number of carbonyl (C=O) groups is 2. The van der Waals surface area contributed by atoms with E-state index in [0.29, 0.717) is 67.1 Å². The maximum absolute atomic E-state index is 13.8. The zero-order valence-electron chi connectivity index (χ0n) is 27.4. The highest BCUT2D eigenvalue weighted by molar-refractivity contribution is 6.00. The topological polar surface area (TPSA) is 120 Å². The number of hydrogen-bond donors (Lipinski definition) is 2. The zero-order chi connectivity index (χ0) is 34.9. The molecule has 0 bridgehead atoms. The molecule has 3 aromatic heterocycles. The normalized spacial score (nSPS) is 18.3. The summed E-state index contributed by atoms with van der Waals surface area (Å²) in [5, 5.41) is 10.7. The molecule has 2 N–H and O–H groups in total. The van der Waals surface area contributed by atoms with Crippen molar-refractivity contribution < 1.29 is 22.8 Å². The Morgan fingerprint density at radius 2 is 1.72 bits per heavy atom. The molecule has 50 heavy (non-hydrogen) atoms. The number of aromatic nitrogens is 5. The fourth-order valence-electron chi connectivity index (χ4n) is 6.77. The Morgan fingerprint density at radius 3 is 2.44 bits per heavy atom. The van der Waals surface area contributed by atoms with Crippen LogP contribution in [0.25, 0.3) is 39.1 Å². The lowest BCUT2D eigenvalue weighted by Crippen LogP contribution is -2.43. The van der Waals surface area contributed by atoms with E-state index in [1.807, 2.05) is 28.9 Å². The Morgan fingerprint density at radius 1 is 0.940 bits per heavy atom. The summed E-state index contributed by atoms with van der Waals surface area (Å²) in [5.41, 5.74) is 3.29. The van der Waals surface area contributed by atoms with Gasteiger partial charge in [0.25, 0.3) is 0 Å². The first-order valence-electron chi connectivity index (χ1n) is 16.5. The largest absolute Gasteiger partial charge is 0.433 e. The molecule has 13 heteroatoms. The second kappa shape index (κ2) is 13.5. The van der Waals surface area contributed by atoms with Crippen LogP contribution in [0.3, 0.4) is 0 Å². The standard InChI is InChI=1S/C37H35F3N8O2/c1-2-36(35(50)44-28-8-9-30-29(21-28)33(46-45-30)27-10-16-41-31(20-27)37(38,39)40)13-19-47(23-36)22-32(49)48-17-11-25(12-18-48)24-4-6-26(7-5-24)34-42-14-3-15-43-34/h3-11,14-16,20-21H,2,12-13,17-19,22-23H2,1H3,(H,44,50)(H,45,46). The van der Waals surface area contributed by atoms with Crippen LogP contribution in [0.2, 0.25) is 0 Å². The van der Waals surface area contributed by atoms with Gasteiger partial charge in [-0.05, 0) is 73.3 Å². The molecule has 2 amide bonds. The van der Waals surface area contributed by atoms with Gasteiger partial charge in [0.05, 0.1) is 17.5 Å². The Hall–Kier alpha value is -5.43. The predicted molar refractivity (Wildman–Crippen MR) is 183 cm³/mol. The van der Waals surface area contributed by atoms with Crippen LogP contribution in [0.4, 0.5) is 18.9 Å². The van der Waals surface area contributed by atoms with Crippen molar-refractivity contribution >= 4 is 34.0 Å². The Labute approximate surface area is 286 Å². The number of carbonyl (C=O) groups excluding carboxylic acids is 2. The second-order valence-corrected chi connectivity index (χ2v) is 12.8. The van der Waals surface area contributed by atoms with Crippen LogP contribution in [0.1, 0.15) is 37.4 Å². The number of pyridine rings is 1. The van der Waals surface area contributed by atoms with Crippen molar-refractivity contribution in [2.45, 2.75) is 32.4 Å². The Balaban J connectivity index is 0.971. The number of amides is 2. The van der Waals surface area contributed by atoms with Crippen LogP contribution in [0.15, 0.2) is 85.3 Å². The zero-order valence-corrected chi connectivity index (χ0v) is 27.4. The number of rotatable bonds is 8. The van der Waals surface area contributed by atoms with E-state index in [9.17, 15) is 22.8 Å². The van der Waals surface area contributed by atoms with Gasteiger partial charge in [0.15, 0.2) is 5.82 Å². The smallest absolute Gasteiger partial charge is 0.338 e. The number of benzene rings is 2. The van der Waals surface area contributed by atoms with E-state index in [0.717, 1.165) is 29.8 Å². The minimum Gasteiger partial charge on any atom is -0.338 e. The molecule has 10 nitrogen and oxygen atoms in total. The number of halogens is 3. The predicted octanol–water partition coefficient (Wildman–Crippen LogP) is 6.46. The molecule has 1 atom stereocenters. The summed E-state index contributed by atoms with van der Waals surface area (Å²) in [5.74, 6) is 0.560.